The summed E-state index contributed by atoms with van der Waals surface area (Å²) in [7, 11) is -3.67. The monoisotopic (exact) mass is 303 g/mol. The Morgan fingerprint density at radius 2 is 1.95 bits per heavy atom. The van der Waals surface area contributed by atoms with Gasteiger partial charge in [-0.1, -0.05) is 0 Å². The number of sulfonamides is 1. The number of benzene rings is 1. The van der Waals surface area contributed by atoms with E-state index in [1.54, 1.807) is 0 Å². The normalized spacial score (nSPS) is 12.9. The molecule has 0 aliphatic carbocycles. The molecule has 1 rings (SSSR count). The number of hydrogen-bond acceptors (Lipinski definition) is 5. The Labute approximate surface area is 117 Å². The molecule has 0 bridgehead atoms. The van der Waals surface area contributed by atoms with Crippen molar-refractivity contribution >= 4 is 16.0 Å². The van der Waals surface area contributed by atoms with Gasteiger partial charge in [0.2, 0.25) is 10.0 Å². The van der Waals surface area contributed by atoms with Crippen LogP contribution in [0.15, 0.2) is 29.2 Å². The van der Waals surface area contributed by atoms with Crippen LogP contribution in [-0.4, -0.2) is 43.9 Å². The number of nitrogens with one attached hydrogen (secondary N) is 1. The van der Waals surface area contributed by atoms with Gasteiger partial charge in [-0.25, -0.2) is 13.1 Å². The highest BCUT2D eigenvalue weighted by molar-refractivity contribution is 7.89. The van der Waals surface area contributed by atoms with Crippen molar-refractivity contribution in [1.29, 1.82) is 0 Å². The van der Waals surface area contributed by atoms with E-state index in [-0.39, 0.29) is 24.5 Å². The lowest BCUT2D eigenvalue weighted by atomic mass is 10.3. The number of rotatable bonds is 8. The van der Waals surface area contributed by atoms with Crippen molar-refractivity contribution in [2.75, 3.05) is 13.2 Å². The van der Waals surface area contributed by atoms with Crippen molar-refractivity contribution < 1.29 is 28.2 Å². The lowest BCUT2D eigenvalue weighted by molar-refractivity contribution is -0.137. The van der Waals surface area contributed by atoms with Gasteiger partial charge in [-0.15, -0.1) is 0 Å². The minimum atomic E-state index is -3.67. The predicted molar refractivity (Wildman–Crippen MR) is 71.1 cm³/mol. The first-order chi connectivity index (χ1) is 9.31. The van der Waals surface area contributed by atoms with Crippen molar-refractivity contribution in [1.82, 2.24) is 4.72 Å². The summed E-state index contributed by atoms with van der Waals surface area (Å²) < 4.78 is 31.0. The molecule has 0 fully saturated rings. The summed E-state index contributed by atoms with van der Waals surface area (Å²) in [5.41, 5.74) is 0. The maximum absolute atomic E-state index is 11.8. The average molecular weight is 303 g/mol. The minimum Gasteiger partial charge on any atom is -0.493 e. The molecule has 1 aromatic carbocycles. The molecule has 8 heteroatoms. The van der Waals surface area contributed by atoms with Gasteiger partial charge in [-0.05, 0) is 31.2 Å². The highest BCUT2D eigenvalue weighted by atomic mass is 32.2. The minimum absolute atomic E-state index is 0.0156. The molecule has 0 aliphatic heterocycles. The zero-order valence-electron chi connectivity index (χ0n) is 10.9. The van der Waals surface area contributed by atoms with Crippen molar-refractivity contribution in [3.8, 4) is 5.75 Å². The van der Waals surface area contributed by atoms with Gasteiger partial charge in [0.15, 0.2) is 0 Å². The van der Waals surface area contributed by atoms with Gasteiger partial charge in [0.25, 0.3) is 0 Å². The van der Waals surface area contributed by atoms with E-state index in [1.165, 1.54) is 31.2 Å². The molecule has 0 saturated carbocycles. The number of aliphatic carboxylic acids is 1. The number of carboxylic acids is 1. The van der Waals surface area contributed by atoms with Crippen LogP contribution in [0.5, 0.6) is 5.75 Å². The lowest BCUT2D eigenvalue weighted by Gasteiger charge is -2.09. The molecule has 0 aromatic heterocycles. The molecule has 0 amide bonds. The van der Waals surface area contributed by atoms with E-state index in [0.29, 0.717) is 5.75 Å². The fraction of sp³-hybridized carbons (Fsp3) is 0.417. The molecule has 0 heterocycles. The maximum Gasteiger partial charge on any atom is 0.306 e. The van der Waals surface area contributed by atoms with E-state index < -0.39 is 22.1 Å². The fourth-order valence-corrected chi connectivity index (χ4v) is 2.41. The predicted octanol–water partition coefficient (Wildman–Crippen LogP) is 0.199. The van der Waals surface area contributed by atoms with Gasteiger partial charge in [0, 0.05) is 6.54 Å². The maximum atomic E-state index is 11.8. The van der Waals surface area contributed by atoms with Crippen LogP contribution in [0, 0.1) is 0 Å². The van der Waals surface area contributed by atoms with E-state index in [2.05, 4.69) is 4.72 Å². The van der Waals surface area contributed by atoms with Crippen LogP contribution in [0.2, 0.25) is 0 Å². The summed E-state index contributed by atoms with van der Waals surface area (Å²) in [4.78, 5) is 10.4. The Kier molecular flexibility index (Phi) is 5.93. The third kappa shape index (κ3) is 5.55. The molecular formula is C12H17NO6S. The fourth-order valence-electron chi connectivity index (χ4n) is 1.28. The summed E-state index contributed by atoms with van der Waals surface area (Å²) >= 11 is 0. The molecular weight excluding hydrogens is 286 g/mol. The Morgan fingerprint density at radius 3 is 2.45 bits per heavy atom. The van der Waals surface area contributed by atoms with Crippen molar-refractivity contribution in [3.05, 3.63) is 24.3 Å². The summed E-state index contributed by atoms with van der Waals surface area (Å²) in [5.74, 6) is -0.577. The average Bonchev–Trinajstić information content (AvgIpc) is 2.37. The van der Waals surface area contributed by atoms with E-state index in [4.69, 9.17) is 14.9 Å². The SMILES string of the molecule is CC(O)CNS(=O)(=O)c1ccc(OCCC(=O)O)cc1. The summed E-state index contributed by atoms with van der Waals surface area (Å²) in [6, 6.07) is 5.58. The third-order valence-corrected chi connectivity index (χ3v) is 3.73. The van der Waals surface area contributed by atoms with Crippen LogP contribution in [0.25, 0.3) is 0 Å². The van der Waals surface area contributed by atoms with Crippen LogP contribution in [-0.2, 0) is 14.8 Å². The summed E-state index contributed by atoms with van der Waals surface area (Å²) in [5, 5.41) is 17.5. The Hall–Kier alpha value is -1.64. The van der Waals surface area contributed by atoms with Crippen LogP contribution >= 0.6 is 0 Å². The Morgan fingerprint density at radius 1 is 1.35 bits per heavy atom. The van der Waals surface area contributed by atoms with Crippen molar-refractivity contribution in [2.45, 2.75) is 24.3 Å². The standard InChI is InChI=1S/C12H17NO6S/c1-9(14)8-13-20(17,18)11-4-2-10(3-5-11)19-7-6-12(15)16/h2-5,9,13-14H,6-8H2,1H3,(H,15,16). The lowest BCUT2D eigenvalue weighted by Crippen LogP contribution is -2.30. The number of ether oxygens (including phenoxy) is 1. The molecule has 1 aromatic rings. The Bertz CT molecular complexity index is 538. The largest absolute Gasteiger partial charge is 0.493 e. The number of aliphatic hydroxyl groups is 1. The number of aliphatic hydroxyl groups excluding tert-OH is 1. The molecule has 3 N–H and O–H groups in total. The van der Waals surface area contributed by atoms with E-state index in [9.17, 15) is 13.2 Å². The van der Waals surface area contributed by atoms with E-state index >= 15 is 0 Å². The molecule has 0 aliphatic rings. The summed E-state index contributed by atoms with van der Waals surface area (Å²) in [6.45, 7) is 1.42. The molecule has 1 unspecified atom stereocenters. The van der Waals surface area contributed by atoms with Gasteiger partial charge in [0.05, 0.1) is 24.0 Å². The molecule has 20 heavy (non-hydrogen) atoms. The van der Waals surface area contributed by atoms with Gasteiger partial charge < -0.3 is 14.9 Å². The molecule has 1 atom stereocenters. The van der Waals surface area contributed by atoms with Crippen molar-refractivity contribution in [2.24, 2.45) is 0 Å². The van der Waals surface area contributed by atoms with Crippen LogP contribution in [0.3, 0.4) is 0 Å². The Balaban J connectivity index is 2.63. The number of carbonyl (C=O) groups is 1. The molecule has 0 spiro atoms. The number of carboxylic acid groups (broad SMARTS) is 1. The second-order valence-electron chi connectivity index (χ2n) is 4.16. The highest BCUT2D eigenvalue weighted by Crippen LogP contribution is 2.16. The summed E-state index contributed by atoms with van der Waals surface area (Å²) in [6.07, 6.45) is -0.904. The second kappa shape index (κ2) is 7.22. The topological polar surface area (TPSA) is 113 Å². The third-order valence-electron chi connectivity index (χ3n) is 2.29. The molecule has 0 radical (unpaired) electrons. The highest BCUT2D eigenvalue weighted by Gasteiger charge is 2.14. The molecule has 112 valence electrons. The van der Waals surface area contributed by atoms with Gasteiger partial charge in [-0.3, -0.25) is 4.79 Å². The van der Waals surface area contributed by atoms with Crippen LogP contribution < -0.4 is 9.46 Å². The van der Waals surface area contributed by atoms with Crippen LogP contribution in [0.4, 0.5) is 0 Å². The van der Waals surface area contributed by atoms with Crippen molar-refractivity contribution in [3.63, 3.8) is 0 Å². The first-order valence-corrected chi connectivity index (χ1v) is 7.42. The van der Waals surface area contributed by atoms with Gasteiger partial charge >= 0.3 is 5.97 Å². The first-order valence-electron chi connectivity index (χ1n) is 5.93. The second-order valence-corrected chi connectivity index (χ2v) is 5.93. The molecule has 0 saturated heterocycles. The first kappa shape index (κ1) is 16.4. The zero-order valence-corrected chi connectivity index (χ0v) is 11.8. The number of hydrogen-bond donors (Lipinski definition) is 3. The van der Waals surface area contributed by atoms with Gasteiger partial charge in [-0.2, -0.15) is 0 Å². The quantitative estimate of drug-likeness (QED) is 0.632. The van der Waals surface area contributed by atoms with Crippen LogP contribution in [0.1, 0.15) is 13.3 Å². The van der Waals surface area contributed by atoms with E-state index in [1.807, 2.05) is 0 Å². The van der Waals surface area contributed by atoms with Gasteiger partial charge in [0.1, 0.15) is 5.75 Å². The zero-order chi connectivity index (χ0) is 15.2. The molecule has 7 nitrogen and oxygen atoms in total. The van der Waals surface area contributed by atoms with E-state index in [0.717, 1.165) is 0 Å². The smallest absolute Gasteiger partial charge is 0.306 e.